The van der Waals surface area contributed by atoms with Gasteiger partial charge in [0.1, 0.15) is 11.5 Å². The van der Waals surface area contributed by atoms with Crippen LogP contribution >= 0.6 is 46.2 Å². The Morgan fingerprint density at radius 3 is 1.34 bits per heavy atom. The van der Waals surface area contributed by atoms with E-state index in [9.17, 15) is 0 Å². The van der Waals surface area contributed by atoms with Gasteiger partial charge in [0.15, 0.2) is 0 Å². The summed E-state index contributed by atoms with van der Waals surface area (Å²) in [4.78, 5) is 0.459. The van der Waals surface area contributed by atoms with Crippen molar-refractivity contribution in [2.24, 2.45) is 0 Å². The Hall–Kier alpha value is -2.95. The van der Waals surface area contributed by atoms with E-state index >= 15 is 8.42 Å². The van der Waals surface area contributed by atoms with E-state index < -0.39 is 9.84 Å². The fourth-order valence-corrected chi connectivity index (χ4v) is 11.0. The second-order valence-corrected chi connectivity index (χ2v) is 15.3. The Balaban J connectivity index is 1.75. The first kappa shape index (κ1) is 28.2. The van der Waals surface area contributed by atoms with E-state index in [4.69, 9.17) is 9.47 Å². The second kappa shape index (κ2) is 11.4. The molecule has 0 N–H and O–H groups in total. The molecule has 2 heterocycles. The van der Waals surface area contributed by atoms with Gasteiger partial charge in [0, 0.05) is 31.3 Å². The molecular formula is C32H26O4S5. The number of fused-ring (bicyclic) bond motifs is 2. The Kier molecular flexibility index (Phi) is 7.82. The first-order valence-corrected chi connectivity index (χ1v) is 18.2. The van der Waals surface area contributed by atoms with Gasteiger partial charge in [-0.25, -0.2) is 8.42 Å². The van der Waals surface area contributed by atoms with E-state index in [1.165, 1.54) is 0 Å². The molecular weight excluding hydrogens is 609 g/mol. The largest absolute Gasteiger partial charge is 0.497 e. The molecule has 6 rings (SSSR count). The van der Waals surface area contributed by atoms with Crippen LogP contribution in [0.3, 0.4) is 0 Å². The van der Waals surface area contributed by atoms with Gasteiger partial charge in [0.2, 0.25) is 9.84 Å². The number of thiophene rings is 2. The lowest BCUT2D eigenvalue weighted by Crippen LogP contribution is -2.05. The van der Waals surface area contributed by atoms with Gasteiger partial charge in [-0.1, -0.05) is 60.7 Å². The number of benzene rings is 4. The van der Waals surface area contributed by atoms with Crippen molar-refractivity contribution in [1.29, 1.82) is 0 Å². The minimum Gasteiger partial charge on any atom is -0.497 e. The van der Waals surface area contributed by atoms with Crippen molar-refractivity contribution < 1.29 is 17.9 Å². The number of rotatable bonds is 8. The molecule has 9 heteroatoms. The van der Waals surface area contributed by atoms with Crippen LogP contribution in [0.1, 0.15) is 0 Å². The molecule has 4 aromatic carbocycles. The van der Waals surface area contributed by atoms with Crippen LogP contribution in [0, 0.1) is 0 Å². The molecule has 208 valence electrons. The van der Waals surface area contributed by atoms with E-state index in [-0.39, 0.29) is 9.79 Å². The third-order valence-corrected chi connectivity index (χ3v) is 13.3. The van der Waals surface area contributed by atoms with E-state index in [1.54, 1.807) is 72.5 Å². The maximum Gasteiger partial charge on any atom is 0.208 e. The molecule has 0 spiro atoms. The predicted octanol–water partition coefficient (Wildman–Crippen LogP) is 9.74. The van der Waals surface area contributed by atoms with Gasteiger partial charge < -0.3 is 9.47 Å². The summed E-state index contributed by atoms with van der Waals surface area (Å²) in [6.45, 7) is 0. The van der Waals surface area contributed by atoms with E-state index in [2.05, 4.69) is 0 Å². The Morgan fingerprint density at radius 1 is 0.610 bits per heavy atom. The summed E-state index contributed by atoms with van der Waals surface area (Å²) in [7, 11) is -0.935. The Morgan fingerprint density at radius 2 is 1.00 bits per heavy atom. The molecule has 0 atom stereocenters. The van der Waals surface area contributed by atoms with Gasteiger partial charge >= 0.3 is 0 Å². The highest BCUT2D eigenvalue weighted by Gasteiger charge is 2.31. The zero-order valence-corrected chi connectivity index (χ0v) is 26.8. The molecule has 4 nitrogen and oxygen atoms in total. The van der Waals surface area contributed by atoms with Gasteiger partial charge in [-0.3, -0.25) is 0 Å². The summed E-state index contributed by atoms with van der Waals surface area (Å²) in [6.07, 6.45) is 4.05. The smallest absolute Gasteiger partial charge is 0.208 e. The summed E-state index contributed by atoms with van der Waals surface area (Å²) >= 11 is 6.41. The lowest BCUT2D eigenvalue weighted by atomic mass is 10.0. The minimum absolute atomic E-state index is 0.229. The zero-order chi connectivity index (χ0) is 28.7. The molecule has 0 fully saturated rings. The maximum atomic E-state index is 15.0. The van der Waals surface area contributed by atoms with Gasteiger partial charge in [-0.05, 0) is 47.9 Å². The van der Waals surface area contributed by atoms with Crippen LogP contribution in [-0.4, -0.2) is 35.1 Å². The number of hydrogen-bond donors (Lipinski definition) is 0. The topological polar surface area (TPSA) is 52.6 Å². The maximum absolute atomic E-state index is 15.0. The third-order valence-electron chi connectivity index (χ3n) is 6.94. The van der Waals surface area contributed by atoms with Crippen LogP contribution in [0.25, 0.3) is 42.4 Å². The molecule has 0 saturated carbocycles. The number of thioether (sulfide) groups is 2. The molecule has 0 unspecified atom stereocenters. The average molecular weight is 635 g/mol. The van der Waals surface area contributed by atoms with Crippen molar-refractivity contribution >= 4 is 76.2 Å². The monoisotopic (exact) mass is 634 g/mol. The van der Waals surface area contributed by atoms with Crippen LogP contribution in [0.4, 0.5) is 0 Å². The zero-order valence-electron chi connectivity index (χ0n) is 22.8. The Labute approximate surface area is 256 Å². The second-order valence-electron chi connectivity index (χ2n) is 9.17. The highest BCUT2D eigenvalue weighted by molar-refractivity contribution is 8.01. The van der Waals surface area contributed by atoms with Crippen LogP contribution in [0.15, 0.2) is 103 Å². The summed E-state index contributed by atoms with van der Waals surface area (Å²) < 4.78 is 45.2. The van der Waals surface area contributed by atoms with Crippen LogP contribution in [0.2, 0.25) is 0 Å². The predicted molar refractivity (Wildman–Crippen MR) is 177 cm³/mol. The lowest BCUT2D eigenvalue weighted by Gasteiger charge is -2.14. The highest BCUT2D eigenvalue weighted by Crippen LogP contribution is 2.51. The molecule has 0 radical (unpaired) electrons. The van der Waals surface area contributed by atoms with Crippen LogP contribution in [0.5, 0.6) is 11.5 Å². The fourth-order valence-electron chi connectivity index (χ4n) is 5.09. The van der Waals surface area contributed by atoms with Crippen molar-refractivity contribution in [2.75, 3.05) is 26.7 Å². The quantitative estimate of drug-likeness (QED) is 0.155. The van der Waals surface area contributed by atoms with Gasteiger partial charge in [0.05, 0.1) is 32.4 Å². The van der Waals surface area contributed by atoms with E-state index in [0.29, 0.717) is 22.3 Å². The first-order chi connectivity index (χ1) is 19.9. The number of ether oxygens (including phenoxy) is 2. The molecule has 0 saturated heterocycles. The average Bonchev–Trinajstić information content (AvgIpc) is 3.58. The number of sulfone groups is 1. The Bertz CT molecular complexity index is 1850. The lowest BCUT2D eigenvalue weighted by molar-refractivity contribution is 0.414. The van der Waals surface area contributed by atoms with E-state index in [0.717, 1.165) is 40.1 Å². The molecule has 0 aliphatic rings. The van der Waals surface area contributed by atoms with Gasteiger partial charge in [-0.2, -0.15) is 0 Å². The van der Waals surface area contributed by atoms with Crippen molar-refractivity contribution in [3.05, 3.63) is 84.9 Å². The minimum atomic E-state index is -4.07. The molecule has 41 heavy (non-hydrogen) atoms. The molecule has 0 amide bonds. The van der Waals surface area contributed by atoms with Gasteiger partial charge in [0.25, 0.3) is 0 Å². The summed E-state index contributed by atoms with van der Waals surface area (Å²) in [5, 5.41) is 1.42. The summed E-state index contributed by atoms with van der Waals surface area (Å²) in [5.41, 5.74) is 3.81. The van der Waals surface area contributed by atoms with Crippen molar-refractivity contribution in [3.63, 3.8) is 0 Å². The van der Waals surface area contributed by atoms with Crippen molar-refractivity contribution in [3.8, 4) is 33.8 Å². The first-order valence-electron chi connectivity index (χ1n) is 12.6. The van der Waals surface area contributed by atoms with Gasteiger partial charge in [-0.15, -0.1) is 46.2 Å². The highest BCUT2D eigenvalue weighted by atomic mass is 32.2. The SMILES string of the molecule is COc1cc(S(=O)(=O)c2cc(OC)cc3sc(SC)c(-c4ccccc4)c23)c2c(-c3ccccc3)c(SC)sc2c1. The van der Waals surface area contributed by atoms with Crippen molar-refractivity contribution in [2.45, 2.75) is 18.2 Å². The van der Waals surface area contributed by atoms with Crippen LogP contribution < -0.4 is 9.47 Å². The normalized spacial score (nSPS) is 11.8. The van der Waals surface area contributed by atoms with Crippen LogP contribution in [-0.2, 0) is 9.84 Å². The summed E-state index contributed by atoms with van der Waals surface area (Å²) in [6, 6.07) is 27.2. The fraction of sp³-hybridized carbons (Fsp3) is 0.125. The summed E-state index contributed by atoms with van der Waals surface area (Å²) in [5.74, 6) is 1.00. The molecule has 2 aromatic heterocycles. The number of hydrogen-bond acceptors (Lipinski definition) is 8. The molecule has 0 bridgehead atoms. The molecule has 6 aromatic rings. The number of methoxy groups -OCH3 is 2. The van der Waals surface area contributed by atoms with E-state index in [1.807, 2.05) is 85.3 Å². The molecule has 0 aliphatic heterocycles. The third kappa shape index (κ3) is 4.83. The standard InChI is InChI=1S/C32H26O4S5/c1-35-21-15-23-29(27(31(37-3)39-23)19-11-7-5-8-12-19)25(17-21)41(33,34)26-18-22(36-2)16-24-30(26)28(32(38-4)40-24)20-13-9-6-10-14-20/h5-18H,1-4H3. The molecule has 0 aliphatic carbocycles. The van der Waals surface area contributed by atoms with Crippen molar-refractivity contribution in [1.82, 2.24) is 0 Å².